The molecule has 1 aliphatic rings. The molecule has 5 heteroatoms. The number of H-pyrrole nitrogens is 1. The average Bonchev–Trinajstić information content (AvgIpc) is 2.65. The molecule has 18 heavy (non-hydrogen) atoms. The average molecular weight is 250 g/mol. The largest absolute Gasteiger partial charge is 0.382 e. The molecule has 0 aliphatic carbocycles. The molecule has 0 spiro atoms. The monoisotopic (exact) mass is 250 g/mol. The molecule has 1 amide bonds. The lowest BCUT2D eigenvalue weighted by atomic mass is 9.96. The summed E-state index contributed by atoms with van der Waals surface area (Å²) in [5.41, 5.74) is 6.03. The molecule has 2 heterocycles. The molecule has 5 nitrogen and oxygen atoms in total. The number of rotatable bonds is 3. The molecule has 3 N–H and O–H groups in total. The van der Waals surface area contributed by atoms with E-state index >= 15 is 0 Å². The normalized spacial score (nSPS) is 20.7. The van der Waals surface area contributed by atoms with Gasteiger partial charge in [0.15, 0.2) is 0 Å². The van der Waals surface area contributed by atoms with Gasteiger partial charge < -0.3 is 10.6 Å². The SMILES string of the molecule is CCCC1CCCN(C(=O)c2cc(N)n[nH]2)CC1. The van der Waals surface area contributed by atoms with Crippen molar-refractivity contribution in [3.8, 4) is 0 Å². The molecule has 2 rings (SSSR count). The van der Waals surface area contributed by atoms with Gasteiger partial charge in [0.25, 0.3) is 5.91 Å². The number of amides is 1. The topological polar surface area (TPSA) is 75.0 Å². The predicted molar refractivity (Wildman–Crippen MR) is 71.2 cm³/mol. The summed E-state index contributed by atoms with van der Waals surface area (Å²) in [6.45, 7) is 3.92. The van der Waals surface area contributed by atoms with Crippen LogP contribution in [-0.4, -0.2) is 34.1 Å². The molecule has 100 valence electrons. The third kappa shape index (κ3) is 3.03. The van der Waals surface area contributed by atoms with Crippen molar-refractivity contribution >= 4 is 11.7 Å². The van der Waals surface area contributed by atoms with Crippen LogP contribution in [0, 0.1) is 5.92 Å². The van der Waals surface area contributed by atoms with Crippen LogP contribution in [0.25, 0.3) is 0 Å². The third-order valence-electron chi connectivity index (χ3n) is 3.66. The standard InChI is InChI=1S/C13H22N4O/c1-2-4-10-5-3-7-17(8-6-10)13(18)11-9-12(14)16-15-11/h9-10H,2-8H2,1H3,(H3,14,15,16). The summed E-state index contributed by atoms with van der Waals surface area (Å²) in [4.78, 5) is 14.1. The Balaban J connectivity index is 1.95. The number of carbonyl (C=O) groups excluding carboxylic acids is 1. The number of hydrogen-bond donors (Lipinski definition) is 2. The van der Waals surface area contributed by atoms with Crippen molar-refractivity contribution in [3.63, 3.8) is 0 Å². The van der Waals surface area contributed by atoms with Gasteiger partial charge >= 0.3 is 0 Å². The van der Waals surface area contributed by atoms with E-state index in [1.807, 2.05) is 4.90 Å². The first-order valence-electron chi connectivity index (χ1n) is 6.81. The van der Waals surface area contributed by atoms with Gasteiger partial charge in [-0.05, 0) is 25.2 Å². The maximum atomic E-state index is 12.2. The first-order valence-corrected chi connectivity index (χ1v) is 6.81. The number of nitrogens with two attached hydrogens (primary N) is 1. The van der Waals surface area contributed by atoms with Crippen LogP contribution in [-0.2, 0) is 0 Å². The quantitative estimate of drug-likeness (QED) is 0.862. The van der Waals surface area contributed by atoms with Crippen LogP contribution in [0.15, 0.2) is 6.07 Å². The van der Waals surface area contributed by atoms with Gasteiger partial charge in [0.2, 0.25) is 0 Å². The maximum absolute atomic E-state index is 12.2. The van der Waals surface area contributed by atoms with Crippen molar-refractivity contribution in [2.75, 3.05) is 18.8 Å². The Morgan fingerprint density at radius 3 is 3.06 bits per heavy atom. The van der Waals surface area contributed by atoms with Crippen LogP contribution in [0.4, 0.5) is 5.82 Å². The second-order valence-corrected chi connectivity index (χ2v) is 5.08. The molecule has 0 aromatic carbocycles. The van der Waals surface area contributed by atoms with E-state index in [0.717, 1.165) is 31.8 Å². The van der Waals surface area contributed by atoms with E-state index in [1.165, 1.54) is 19.3 Å². The van der Waals surface area contributed by atoms with Crippen LogP contribution >= 0.6 is 0 Å². The van der Waals surface area contributed by atoms with Crippen molar-refractivity contribution in [1.82, 2.24) is 15.1 Å². The molecule has 1 fully saturated rings. The van der Waals surface area contributed by atoms with Crippen LogP contribution in [0.5, 0.6) is 0 Å². The van der Waals surface area contributed by atoms with Gasteiger partial charge in [-0.2, -0.15) is 5.10 Å². The Hall–Kier alpha value is -1.52. The number of nitrogen functional groups attached to an aromatic ring is 1. The van der Waals surface area contributed by atoms with E-state index in [9.17, 15) is 4.79 Å². The lowest BCUT2D eigenvalue weighted by molar-refractivity contribution is 0.0754. The zero-order valence-electron chi connectivity index (χ0n) is 11.0. The smallest absolute Gasteiger partial charge is 0.271 e. The van der Waals surface area contributed by atoms with Crippen molar-refractivity contribution in [1.29, 1.82) is 0 Å². The highest BCUT2D eigenvalue weighted by Gasteiger charge is 2.22. The van der Waals surface area contributed by atoms with Gasteiger partial charge in [-0.3, -0.25) is 9.89 Å². The summed E-state index contributed by atoms with van der Waals surface area (Å²) in [6.07, 6.45) is 5.96. The molecule has 1 aliphatic heterocycles. The highest BCUT2D eigenvalue weighted by atomic mass is 16.2. The predicted octanol–water partition coefficient (Wildman–Crippen LogP) is 2.03. The van der Waals surface area contributed by atoms with Gasteiger partial charge in [-0.1, -0.05) is 19.8 Å². The third-order valence-corrected chi connectivity index (χ3v) is 3.66. The van der Waals surface area contributed by atoms with E-state index in [0.29, 0.717) is 11.5 Å². The molecule has 1 saturated heterocycles. The lowest BCUT2D eigenvalue weighted by Crippen LogP contribution is -2.32. The van der Waals surface area contributed by atoms with E-state index in [2.05, 4.69) is 17.1 Å². The first-order chi connectivity index (χ1) is 8.70. The van der Waals surface area contributed by atoms with E-state index in [-0.39, 0.29) is 5.91 Å². The van der Waals surface area contributed by atoms with Crippen molar-refractivity contribution in [3.05, 3.63) is 11.8 Å². The second-order valence-electron chi connectivity index (χ2n) is 5.08. The zero-order valence-corrected chi connectivity index (χ0v) is 11.0. The number of nitrogens with zero attached hydrogens (tertiary/aromatic N) is 2. The molecule has 0 saturated carbocycles. The highest BCUT2D eigenvalue weighted by Crippen LogP contribution is 2.22. The minimum atomic E-state index is 0.0244. The Morgan fingerprint density at radius 2 is 2.39 bits per heavy atom. The van der Waals surface area contributed by atoms with Crippen LogP contribution in [0.2, 0.25) is 0 Å². The van der Waals surface area contributed by atoms with Crippen molar-refractivity contribution in [2.45, 2.75) is 39.0 Å². The van der Waals surface area contributed by atoms with Crippen LogP contribution in [0.1, 0.15) is 49.5 Å². The van der Waals surface area contributed by atoms with E-state index in [1.54, 1.807) is 6.07 Å². The summed E-state index contributed by atoms with van der Waals surface area (Å²) in [6, 6.07) is 1.61. The summed E-state index contributed by atoms with van der Waals surface area (Å²) in [7, 11) is 0. The molecule has 1 atom stereocenters. The number of likely N-dealkylation sites (tertiary alicyclic amines) is 1. The number of aromatic amines is 1. The molecular weight excluding hydrogens is 228 g/mol. The minimum absolute atomic E-state index is 0.0244. The summed E-state index contributed by atoms with van der Waals surface area (Å²) in [5.74, 6) is 1.17. The van der Waals surface area contributed by atoms with E-state index < -0.39 is 0 Å². The molecule has 0 radical (unpaired) electrons. The number of carbonyl (C=O) groups is 1. The zero-order chi connectivity index (χ0) is 13.0. The summed E-state index contributed by atoms with van der Waals surface area (Å²) < 4.78 is 0. The van der Waals surface area contributed by atoms with Gasteiger partial charge in [-0.25, -0.2) is 0 Å². The van der Waals surface area contributed by atoms with Crippen LogP contribution < -0.4 is 5.73 Å². The van der Waals surface area contributed by atoms with Gasteiger partial charge in [0.1, 0.15) is 11.5 Å². The fourth-order valence-electron chi connectivity index (χ4n) is 2.68. The Labute approximate surface area is 108 Å². The van der Waals surface area contributed by atoms with Gasteiger partial charge in [0, 0.05) is 19.2 Å². The Morgan fingerprint density at radius 1 is 1.56 bits per heavy atom. The van der Waals surface area contributed by atoms with Crippen LogP contribution in [0.3, 0.4) is 0 Å². The number of anilines is 1. The number of nitrogens with one attached hydrogen (secondary N) is 1. The number of hydrogen-bond acceptors (Lipinski definition) is 3. The molecule has 1 aromatic rings. The van der Waals surface area contributed by atoms with E-state index in [4.69, 9.17) is 5.73 Å². The lowest BCUT2D eigenvalue weighted by Gasteiger charge is -2.19. The second kappa shape index (κ2) is 5.89. The molecule has 1 aromatic heterocycles. The fraction of sp³-hybridized carbons (Fsp3) is 0.692. The van der Waals surface area contributed by atoms with Crippen molar-refractivity contribution in [2.24, 2.45) is 5.92 Å². The summed E-state index contributed by atoms with van der Waals surface area (Å²) in [5, 5.41) is 6.50. The number of aromatic nitrogens is 2. The van der Waals surface area contributed by atoms with Crippen molar-refractivity contribution < 1.29 is 4.79 Å². The molecule has 0 bridgehead atoms. The fourth-order valence-corrected chi connectivity index (χ4v) is 2.68. The Kier molecular flexibility index (Phi) is 4.23. The molecule has 1 unspecified atom stereocenters. The van der Waals surface area contributed by atoms with Gasteiger partial charge in [-0.15, -0.1) is 0 Å². The summed E-state index contributed by atoms with van der Waals surface area (Å²) >= 11 is 0. The van der Waals surface area contributed by atoms with Gasteiger partial charge in [0.05, 0.1) is 0 Å². The minimum Gasteiger partial charge on any atom is -0.382 e. The molecular formula is C13H22N4O. The maximum Gasteiger partial charge on any atom is 0.271 e. The Bertz CT molecular complexity index is 401. The highest BCUT2D eigenvalue weighted by molar-refractivity contribution is 5.92. The first kappa shape index (κ1) is 12.9.